The maximum Gasteiger partial charge on any atom is 0.275 e. The molecule has 0 radical (unpaired) electrons. The first kappa shape index (κ1) is 16.3. The van der Waals surface area contributed by atoms with E-state index in [-0.39, 0.29) is 11.8 Å². The van der Waals surface area contributed by atoms with Gasteiger partial charge in [0.25, 0.3) is 11.8 Å². The predicted octanol–water partition coefficient (Wildman–Crippen LogP) is 2.38. The van der Waals surface area contributed by atoms with Gasteiger partial charge in [0.1, 0.15) is 0 Å². The average Bonchev–Trinajstić information content (AvgIpc) is 3.22. The summed E-state index contributed by atoms with van der Waals surface area (Å²) < 4.78 is 3.75. The van der Waals surface area contributed by atoms with Gasteiger partial charge in [-0.1, -0.05) is 10.6 Å². The molecule has 0 atom stereocenters. The lowest BCUT2D eigenvalue weighted by atomic mass is 9.98. The fourth-order valence-corrected chi connectivity index (χ4v) is 3.36. The molecule has 0 aliphatic carbocycles. The Labute approximate surface area is 153 Å². The molecule has 3 aromatic rings. The topological polar surface area (TPSA) is 88.1 Å². The number of nitrogens with one attached hydrogen (secondary N) is 1. The van der Waals surface area contributed by atoms with Gasteiger partial charge in [0.05, 0.1) is 0 Å². The third kappa shape index (κ3) is 3.31. The van der Waals surface area contributed by atoms with E-state index in [0.717, 1.165) is 23.5 Å². The van der Waals surface area contributed by atoms with Crippen molar-refractivity contribution in [1.29, 1.82) is 0 Å². The molecule has 1 aliphatic rings. The Hall–Kier alpha value is -3.13. The van der Waals surface area contributed by atoms with Crippen LogP contribution in [0.4, 0.5) is 5.69 Å². The molecule has 0 unspecified atom stereocenters. The molecule has 4 rings (SSSR count). The highest BCUT2D eigenvalue weighted by Gasteiger charge is 2.23. The molecule has 1 aliphatic heterocycles. The van der Waals surface area contributed by atoms with Crippen LogP contribution < -0.4 is 5.32 Å². The Bertz CT molecular complexity index is 943. The van der Waals surface area contributed by atoms with Gasteiger partial charge in [0, 0.05) is 42.1 Å². The number of fused-ring (bicyclic) bond motifs is 1. The number of hydrogen-bond donors (Lipinski definition) is 1. The van der Waals surface area contributed by atoms with Crippen LogP contribution in [0, 0.1) is 0 Å². The number of anilines is 1. The summed E-state index contributed by atoms with van der Waals surface area (Å²) in [6.45, 7) is 1.14. The molecule has 0 saturated heterocycles. The highest BCUT2D eigenvalue weighted by molar-refractivity contribution is 7.03. The van der Waals surface area contributed by atoms with Crippen molar-refractivity contribution in [2.45, 2.75) is 13.0 Å². The van der Waals surface area contributed by atoms with Crippen LogP contribution >= 0.6 is 11.5 Å². The Kier molecular flexibility index (Phi) is 4.40. The first-order valence-corrected chi connectivity index (χ1v) is 8.94. The highest BCUT2D eigenvalue weighted by atomic mass is 32.1. The van der Waals surface area contributed by atoms with Crippen molar-refractivity contribution in [3.63, 3.8) is 0 Å². The first-order chi connectivity index (χ1) is 12.7. The monoisotopic (exact) mass is 365 g/mol. The normalized spacial score (nSPS) is 13.2. The molecule has 130 valence electrons. The van der Waals surface area contributed by atoms with Gasteiger partial charge in [-0.25, -0.2) is 0 Å². The number of aromatic nitrogens is 3. The Morgan fingerprint density at radius 3 is 2.73 bits per heavy atom. The summed E-state index contributed by atoms with van der Waals surface area (Å²) in [5, 5.41) is 8.40. The van der Waals surface area contributed by atoms with Crippen molar-refractivity contribution in [3.05, 3.63) is 70.5 Å². The van der Waals surface area contributed by atoms with E-state index < -0.39 is 0 Å². The molecule has 8 heteroatoms. The number of nitrogens with zero attached hydrogens (tertiary/aromatic N) is 4. The molecule has 2 aromatic heterocycles. The van der Waals surface area contributed by atoms with Crippen LogP contribution in [0.15, 0.2) is 48.1 Å². The van der Waals surface area contributed by atoms with E-state index in [0.29, 0.717) is 30.0 Å². The molecule has 0 fully saturated rings. The molecule has 0 spiro atoms. The second-order valence-corrected chi connectivity index (χ2v) is 6.55. The Morgan fingerprint density at radius 2 is 1.96 bits per heavy atom. The number of carbonyl (C=O) groups excluding carboxylic acids is 2. The second-order valence-electron chi connectivity index (χ2n) is 5.94. The van der Waals surface area contributed by atoms with E-state index in [2.05, 4.69) is 19.9 Å². The number of hydrogen-bond acceptors (Lipinski definition) is 6. The van der Waals surface area contributed by atoms with Gasteiger partial charge in [0.2, 0.25) is 0 Å². The van der Waals surface area contributed by atoms with Gasteiger partial charge in [-0.15, -0.1) is 5.10 Å². The van der Waals surface area contributed by atoms with Crippen LogP contribution in [0.25, 0.3) is 0 Å². The van der Waals surface area contributed by atoms with Gasteiger partial charge in [0.15, 0.2) is 5.69 Å². The average molecular weight is 365 g/mol. The predicted molar refractivity (Wildman–Crippen MR) is 97.0 cm³/mol. The van der Waals surface area contributed by atoms with Gasteiger partial charge < -0.3 is 10.2 Å². The lowest BCUT2D eigenvalue weighted by Crippen LogP contribution is -2.36. The van der Waals surface area contributed by atoms with Crippen molar-refractivity contribution in [1.82, 2.24) is 19.5 Å². The largest absolute Gasteiger partial charge is 0.333 e. The van der Waals surface area contributed by atoms with E-state index >= 15 is 0 Å². The summed E-state index contributed by atoms with van der Waals surface area (Å²) in [5.41, 5.74) is 3.84. The molecule has 0 saturated carbocycles. The van der Waals surface area contributed by atoms with Crippen molar-refractivity contribution in [2.75, 3.05) is 11.9 Å². The van der Waals surface area contributed by atoms with Crippen molar-refractivity contribution in [2.24, 2.45) is 0 Å². The summed E-state index contributed by atoms with van der Waals surface area (Å²) in [4.78, 5) is 30.4. The standard InChI is InChI=1S/C18H15N5O2S/c24-17(13-3-6-19-7-4-13)20-15-2-1-12-5-8-23(10-14(12)9-15)18(25)16-11-26-22-21-16/h1-4,6-7,9,11H,5,8,10H2,(H,20,24). The summed E-state index contributed by atoms with van der Waals surface area (Å²) in [6, 6.07) is 9.14. The van der Waals surface area contributed by atoms with E-state index in [1.807, 2.05) is 18.2 Å². The maximum absolute atomic E-state index is 12.5. The first-order valence-electron chi connectivity index (χ1n) is 8.10. The van der Waals surface area contributed by atoms with E-state index in [1.54, 1.807) is 34.8 Å². The molecule has 1 aromatic carbocycles. The van der Waals surface area contributed by atoms with Crippen LogP contribution in [-0.4, -0.2) is 37.8 Å². The fraction of sp³-hybridized carbons (Fsp3) is 0.167. The van der Waals surface area contributed by atoms with E-state index in [1.165, 1.54) is 5.56 Å². The van der Waals surface area contributed by atoms with E-state index in [9.17, 15) is 9.59 Å². The lowest BCUT2D eigenvalue weighted by molar-refractivity contribution is 0.0728. The van der Waals surface area contributed by atoms with Crippen LogP contribution in [-0.2, 0) is 13.0 Å². The maximum atomic E-state index is 12.5. The smallest absolute Gasteiger partial charge is 0.275 e. The quantitative estimate of drug-likeness (QED) is 0.770. The summed E-state index contributed by atoms with van der Waals surface area (Å²) >= 11 is 1.16. The van der Waals surface area contributed by atoms with E-state index in [4.69, 9.17) is 0 Å². The third-order valence-electron chi connectivity index (χ3n) is 4.29. The molecule has 7 nitrogen and oxygen atoms in total. The second kappa shape index (κ2) is 7.01. The zero-order valence-electron chi connectivity index (χ0n) is 13.8. The van der Waals surface area contributed by atoms with Crippen LogP contribution in [0.3, 0.4) is 0 Å². The molecule has 26 heavy (non-hydrogen) atoms. The van der Waals surface area contributed by atoms with Gasteiger partial charge >= 0.3 is 0 Å². The molecule has 2 amide bonds. The number of amides is 2. The third-order valence-corrected chi connectivity index (χ3v) is 4.79. The number of benzene rings is 1. The zero-order valence-corrected chi connectivity index (χ0v) is 14.6. The summed E-state index contributed by atoms with van der Waals surface area (Å²) in [7, 11) is 0. The van der Waals surface area contributed by atoms with Crippen LogP contribution in [0.2, 0.25) is 0 Å². The Morgan fingerprint density at radius 1 is 1.12 bits per heavy atom. The van der Waals surface area contributed by atoms with Gasteiger partial charge in [-0.05, 0) is 53.3 Å². The van der Waals surface area contributed by atoms with Crippen molar-refractivity contribution < 1.29 is 9.59 Å². The number of carbonyl (C=O) groups is 2. The number of rotatable bonds is 3. The SMILES string of the molecule is O=C(Nc1ccc2c(c1)CN(C(=O)c1csnn1)CC2)c1ccncc1. The van der Waals surface area contributed by atoms with Gasteiger partial charge in [-0.2, -0.15) is 0 Å². The zero-order chi connectivity index (χ0) is 17.9. The minimum Gasteiger partial charge on any atom is -0.333 e. The highest BCUT2D eigenvalue weighted by Crippen LogP contribution is 2.24. The lowest BCUT2D eigenvalue weighted by Gasteiger charge is -2.28. The number of pyridine rings is 1. The van der Waals surface area contributed by atoms with Crippen LogP contribution in [0.5, 0.6) is 0 Å². The molecule has 3 heterocycles. The molecule has 1 N–H and O–H groups in total. The Balaban J connectivity index is 1.51. The molecular weight excluding hydrogens is 350 g/mol. The van der Waals surface area contributed by atoms with Crippen LogP contribution in [0.1, 0.15) is 32.0 Å². The molecular formula is C18H15N5O2S. The minimum atomic E-state index is -0.190. The molecule has 0 bridgehead atoms. The fourth-order valence-electron chi connectivity index (χ4n) is 2.93. The van der Waals surface area contributed by atoms with Crippen molar-refractivity contribution >= 4 is 29.0 Å². The summed E-state index contributed by atoms with van der Waals surface area (Å²) in [5.74, 6) is -0.305. The van der Waals surface area contributed by atoms with Gasteiger partial charge in [-0.3, -0.25) is 14.6 Å². The summed E-state index contributed by atoms with van der Waals surface area (Å²) in [6.07, 6.45) is 3.94. The minimum absolute atomic E-state index is 0.115. The van der Waals surface area contributed by atoms with Crippen molar-refractivity contribution in [3.8, 4) is 0 Å².